The zero-order valence-corrected chi connectivity index (χ0v) is 19.3. The average molecular weight is 470 g/mol. The van der Waals surface area contributed by atoms with Crippen LogP contribution < -0.4 is 10.1 Å². The van der Waals surface area contributed by atoms with E-state index in [1.54, 1.807) is 12.1 Å². The number of rotatable bonds is 7. The molecule has 0 radical (unpaired) electrons. The number of imidazole rings is 1. The number of aromatic nitrogens is 2. The number of hydrogen-bond acceptors (Lipinski definition) is 3. The molecule has 1 aromatic heterocycles. The summed E-state index contributed by atoms with van der Waals surface area (Å²) in [5.41, 5.74) is 3.80. The van der Waals surface area contributed by atoms with E-state index in [2.05, 4.69) is 28.2 Å². The van der Waals surface area contributed by atoms with E-state index in [0.29, 0.717) is 16.6 Å². The quantitative estimate of drug-likeness (QED) is 0.490. The molecule has 1 saturated carbocycles. The normalized spacial score (nSPS) is 15.3. The maximum atomic E-state index is 12.6. The van der Waals surface area contributed by atoms with Crippen molar-refractivity contribution in [1.82, 2.24) is 14.9 Å². The molecule has 5 nitrogen and oxygen atoms in total. The number of amides is 1. The van der Waals surface area contributed by atoms with Crippen molar-refractivity contribution in [1.29, 1.82) is 0 Å². The van der Waals surface area contributed by atoms with Crippen molar-refractivity contribution < 1.29 is 9.53 Å². The molecule has 5 rings (SSSR count). The first-order chi connectivity index (χ1) is 15.5. The molecule has 0 saturated heterocycles. The van der Waals surface area contributed by atoms with E-state index < -0.39 is 0 Å². The summed E-state index contributed by atoms with van der Waals surface area (Å²) in [6, 6.07) is 11.4. The van der Waals surface area contributed by atoms with Gasteiger partial charge in [-0.05, 0) is 61.6 Å². The summed E-state index contributed by atoms with van der Waals surface area (Å²) in [6.07, 6.45) is 8.19. The number of aryl methyl sites for hydroxylation is 2. The van der Waals surface area contributed by atoms with Crippen molar-refractivity contribution >= 4 is 29.1 Å². The molecular weight excluding hydrogens is 445 g/mol. The predicted molar refractivity (Wildman–Crippen MR) is 126 cm³/mol. The fourth-order valence-corrected chi connectivity index (χ4v) is 4.47. The molecule has 7 heteroatoms. The number of hydrogen-bond donors (Lipinski definition) is 1. The Kier molecular flexibility index (Phi) is 6.11. The van der Waals surface area contributed by atoms with Crippen LogP contribution in [0.5, 0.6) is 5.75 Å². The number of halogens is 2. The lowest BCUT2D eigenvalue weighted by Crippen LogP contribution is -2.27. The number of benzene rings is 2. The molecule has 166 valence electrons. The van der Waals surface area contributed by atoms with Gasteiger partial charge in [0.1, 0.15) is 11.6 Å². The molecule has 3 aromatic rings. The topological polar surface area (TPSA) is 56.2 Å². The Balaban J connectivity index is 1.32. The number of nitrogens with zero attached hydrogens (tertiary/aromatic N) is 2. The number of fused-ring (bicyclic) bond motifs is 1. The number of carbonyl (C=O) groups excluding carboxylic acids is 1. The molecule has 0 spiro atoms. The second-order valence-corrected chi connectivity index (χ2v) is 9.35. The van der Waals surface area contributed by atoms with Crippen LogP contribution in [-0.2, 0) is 30.7 Å². The maximum Gasteiger partial charge on any atom is 0.224 e. The zero-order chi connectivity index (χ0) is 22.1. The van der Waals surface area contributed by atoms with Gasteiger partial charge in [0, 0.05) is 36.8 Å². The summed E-state index contributed by atoms with van der Waals surface area (Å²) in [5.74, 6) is 1.90. The third-order valence-corrected chi connectivity index (χ3v) is 6.92. The molecule has 1 fully saturated rings. The molecule has 0 unspecified atom stereocenters. The van der Waals surface area contributed by atoms with Crippen molar-refractivity contribution in [3.63, 3.8) is 0 Å². The molecule has 1 amide bonds. The molecule has 2 aliphatic rings. The van der Waals surface area contributed by atoms with E-state index >= 15 is 0 Å². The summed E-state index contributed by atoms with van der Waals surface area (Å²) in [6.45, 7) is 1.42. The van der Waals surface area contributed by atoms with Gasteiger partial charge in [-0.3, -0.25) is 4.79 Å². The maximum absolute atomic E-state index is 12.6. The predicted octanol–water partition coefficient (Wildman–Crippen LogP) is 5.59. The summed E-state index contributed by atoms with van der Waals surface area (Å²) in [4.78, 5) is 17.4. The number of ether oxygens (including phenoxy) is 1. The van der Waals surface area contributed by atoms with Crippen LogP contribution in [-0.4, -0.2) is 21.6 Å². The van der Waals surface area contributed by atoms with Crippen molar-refractivity contribution in [2.45, 2.75) is 57.7 Å². The van der Waals surface area contributed by atoms with Crippen LogP contribution in [0.15, 0.2) is 42.6 Å². The second kappa shape index (κ2) is 9.16. The van der Waals surface area contributed by atoms with Crippen molar-refractivity contribution in [3.8, 4) is 17.0 Å². The molecule has 1 aliphatic carbocycles. The van der Waals surface area contributed by atoms with E-state index in [1.807, 2.05) is 12.1 Å². The highest BCUT2D eigenvalue weighted by Crippen LogP contribution is 2.32. The molecule has 2 aromatic carbocycles. The first-order valence-corrected chi connectivity index (χ1v) is 11.9. The Bertz CT molecular complexity index is 1130. The van der Waals surface area contributed by atoms with Gasteiger partial charge >= 0.3 is 0 Å². The smallest absolute Gasteiger partial charge is 0.224 e. The standard InChI is InChI=1S/C25H25Cl2N3O2/c26-20-8-6-16(11-21(20)27)12-25(31)28-14-18-13-17(7-9-23(18)32-19-3-1-4-19)22-15-30-10-2-5-24(30)29-22/h6-9,11,13,15,19H,1-5,10,12,14H2,(H,28,31). The van der Waals surface area contributed by atoms with Crippen molar-refractivity contribution in [2.75, 3.05) is 0 Å². The van der Waals surface area contributed by atoms with Crippen LogP contribution in [0.2, 0.25) is 10.0 Å². The van der Waals surface area contributed by atoms with Gasteiger partial charge in [0.2, 0.25) is 5.91 Å². The summed E-state index contributed by atoms with van der Waals surface area (Å²) in [5, 5.41) is 3.96. The van der Waals surface area contributed by atoms with Gasteiger partial charge in [-0.2, -0.15) is 0 Å². The Labute approximate surface area is 197 Å². The van der Waals surface area contributed by atoms with Crippen LogP contribution in [0.4, 0.5) is 0 Å². The van der Waals surface area contributed by atoms with Gasteiger partial charge in [-0.25, -0.2) is 4.98 Å². The Morgan fingerprint density at radius 1 is 1.12 bits per heavy atom. The fourth-order valence-electron chi connectivity index (χ4n) is 4.15. The minimum absolute atomic E-state index is 0.0793. The van der Waals surface area contributed by atoms with Crippen LogP contribution in [0.3, 0.4) is 0 Å². The minimum Gasteiger partial charge on any atom is -0.490 e. The third kappa shape index (κ3) is 4.64. The van der Waals surface area contributed by atoms with Crippen LogP contribution in [0.1, 0.15) is 42.6 Å². The van der Waals surface area contributed by atoms with Gasteiger partial charge in [0.05, 0.1) is 28.3 Å². The van der Waals surface area contributed by atoms with E-state index in [9.17, 15) is 4.79 Å². The molecule has 1 aliphatic heterocycles. The molecule has 1 N–H and O–H groups in total. The average Bonchev–Trinajstić information content (AvgIpc) is 3.35. The highest BCUT2D eigenvalue weighted by molar-refractivity contribution is 6.42. The van der Waals surface area contributed by atoms with E-state index in [4.69, 9.17) is 32.9 Å². The molecule has 32 heavy (non-hydrogen) atoms. The SMILES string of the molecule is O=C(Cc1ccc(Cl)c(Cl)c1)NCc1cc(-c2cn3c(n2)CCC3)ccc1OC1CCC1. The summed E-state index contributed by atoms with van der Waals surface area (Å²) < 4.78 is 8.43. The lowest BCUT2D eigenvalue weighted by Gasteiger charge is -2.27. The lowest BCUT2D eigenvalue weighted by molar-refractivity contribution is -0.120. The van der Waals surface area contributed by atoms with Gasteiger partial charge in [-0.1, -0.05) is 29.3 Å². The van der Waals surface area contributed by atoms with E-state index in [0.717, 1.165) is 66.2 Å². The van der Waals surface area contributed by atoms with E-state index in [1.165, 1.54) is 6.42 Å². The highest BCUT2D eigenvalue weighted by Gasteiger charge is 2.21. The molecule has 2 heterocycles. The van der Waals surface area contributed by atoms with Crippen LogP contribution in [0, 0.1) is 0 Å². The first-order valence-electron chi connectivity index (χ1n) is 11.1. The van der Waals surface area contributed by atoms with Gasteiger partial charge in [0.25, 0.3) is 0 Å². The van der Waals surface area contributed by atoms with Crippen LogP contribution in [0.25, 0.3) is 11.3 Å². The monoisotopic (exact) mass is 469 g/mol. The second-order valence-electron chi connectivity index (χ2n) is 8.53. The van der Waals surface area contributed by atoms with Crippen molar-refractivity contribution in [2.24, 2.45) is 0 Å². The molecular formula is C25H25Cl2N3O2. The fraction of sp³-hybridized carbons (Fsp3) is 0.360. The molecule has 0 atom stereocenters. The largest absolute Gasteiger partial charge is 0.490 e. The number of carbonyl (C=O) groups is 1. The van der Waals surface area contributed by atoms with Gasteiger partial charge in [-0.15, -0.1) is 0 Å². The van der Waals surface area contributed by atoms with Gasteiger partial charge < -0.3 is 14.6 Å². The Morgan fingerprint density at radius 2 is 2.00 bits per heavy atom. The van der Waals surface area contributed by atoms with Crippen LogP contribution >= 0.6 is 23.2 Å². The zero-order valence-electron chi connectivity index (χ0n) is 17.7. The van der Waals surface area contributed by atoms with E-state index in [-0.39, 0.29) is 18.4 Å². The third-order valence-electron chi connectivity index (χ3n) is 6.19. The number of nitrogens with one attached hydrogen (secondary N) is 1. The highest BCUT2D eigenvalue weighted by atomic mass is 35.5. The Morgan fingerprint density at radius 3 is 2.75 bits per heavy atom. The summed E-state index contributed by atoms with van der Waals surface area (Å²) >= 11 is 12.0. The Hall–Kier alpha value is -2.50. The molecule has 0 bridgehead atoms. The lowest BCUT2D eigenvalue weighted by atomic mass is 9.96. The first kappa shape index (κ1) is 21.4. The summed E-state index contributed by atoms with van der Waals surface area (Å²) in [7, 11) is 0. The van der Waals surface area contributed by atoms with Gasteiger partial charge in [0.15, 0.2) is 0 Å². The van der Waals surface area contributed by atoms with Crippen molar-refractivity contribution in [3.05, 3.63) is 69.6 Å². The minimum atomic E-state index is -0.0793.